The molecule has 0 aliphatic heterocycles. The molecule has 0 spiro atoms. The summed E-state index contributed by atoms with van der Waals surface area (Å²) in [4.78, 5) is 0. The number of aromatic amines is 1. The van der Waals surface area contributed by atoms with Crippen LogP contribution in [-0.2, 0) is 19.6 Å². The average Bonchev–Trinajstić information content (AvgIpc) is 3.06. The molecule has 1 aromatic heterocycles. The van der Waals surface area contributed by atoms with Gasteiger partial charge in [0.25, 0.3) is 0 Å². The van der Waals surface area contributed by atoms with Crippen molar-refractivity contribution in [3.05, 3.63) is 66.6 Å². The largest absolute Gasteiger partial charge is 0.493 e. The van der Waals surface area contributed by atoms with E-state index in [1.54, 1.807) is 30.0 Å². The van der Waals surface area contributed by atoms with Crippen LogP contribution in [0.15, 0.2) is 34.8 Å². The van der Waals surface area contributed by atoms with E-state index in [-0.39, 0.29) is 6.61 Å². The number of halogens is 3. The molecule has 2 N–H and O–H groups in total. The molecular formula is C19H19BrCl2N4O2S. The van der Waals surface area contributed by atoms with Crippen LogP contribution in [0.2, 0.25) is 10.0 Å². The number of aromatic nitrogens is 3. The van der Waals surface area contributed by atoms with E-state index in [2.05, 4.69) is 31.6 Å². The zero-order valence-electron chi connectivity index (χ0n) is 15.8. The highest BCUT2D eigenvalue weighted by Gasteiger charge is 2.17. The van der Waals surface area contributed by atoms with Gasteiger partial charge in [-0.1, -0.05) is 52.1 Å². The molecule has 10 heteroatoms. The molecule has 0 saturated carbocycles. The monoisotopic (exact) mass is 516 g/mol. The highest BCUT2D eigenvalue weighted by Crippen LogP contribution is 2.38. The first-order valence-corrected chi connectivity index (χ1v) is 10.7. The highest BCUT2D eigenvalue weighted by molar-refractivity contribution is 9.10. The standard InChI is InChI=1S/C19H19BrCl2N4O2S/c1-3-17-24-25-19(29)26(17)23-9-11-13(20)7-8-16(27-2)18(11)28-10-12-14(21)5-4-6-15(12)22/h4-8,23H,3,9-10H2,1-2H3,(H,25,29). The van der Waals surface area contributed by atoms with Crippen LogP contribution in [0.3, 0.4) is 0 Å². The first-order valence-electron chi connectivity index (χ1n) is 8.77. The van der Waals surface area contributed by atoms with Gasteiger partial charge in [0.05, 0.1) is 13.7 Å². The minimum atomic E-state index is 0.198. The molecule has 3 aromatic rings. The van der Waals surface area contributed by atoms with E-state index in [1.165, 1.54) is 0 Å². The van der Waals surface area contributed by atoms with Crippen LogP contribution in [-0.4, -0.2) is 22.0 Å². The van der Waals surface area contributed by atoms with Crippen LogP contribution in [0, 0.1) is 4.77 Å². The number of hydrogen-bond acceptors (Lipinski definition) is 5. The predicted octanol–water partition coefficient (Wildman–Crippen LogP) is 5.90. The summed E-state index contributed by atoms with van der Waals surface area (Å²) in [7, 11) is 1.59. The van der Waals surface area contributed by atoms with E-state index in [9.17, 15) is 0 Å². The van der Waals surface area contributed by atoms with Gasteiger partial charge in [-0.25, -0.2) is 4.68 Å². The molecule has 0 atom stereocenters. The Labute approximate surface area is 192 Å². The Balaban J connectivity index is 1.91. The second-order valence-electron chi connectivity index (χ2n) is 6.02. The van der Waals surface area contributed by atoms with Gasteiger partial charge in [0, 0.05) is 32.1 Å². The number of rotatable bonds is 8. The van der Waals surface area contributed by atoms with Crippen LogP contribution in [0.5, 0.6) is 11.5 Å². The Morgan fingerprint density at radius 1 is 1.21 bits per heavy atom. The molecular weight excluding hydrogens is 499 g/mol. The maximum Gasteiger partial charge on any atom is 0.214 e. The Morgan fingerprint density at radius 2 is 1.93 bits per heavy atom. The summed E-state index contributed by atoms with van der Waals surface area (Å²) in [5, 5.41) is 8.09. The van der Waals surface area contributed by atoms with Crippen molar-refractivity contribution in [3.63, 3.8) is 0 Å². The third kappa shape index (κ3) is 4.88. The van der Waals surface area contributed by atoms with Crippen molar-refractivity contribution >= 4 is 51.3 Å². The van der Waals surface area contributed by atoms with Crippen molar-refractivity contribution in [2.75, 3.05) is 12.5 Å². The van der Waals surface area contributed by atoms with Gasteiger partial charge < -0.3 is 14.9 Å². The van der Waals surface area contributed by atoms with Crippen LogP contribution in [0.1, 0.15) is 23.9 Å². The van der Waals surface area contributed by atoms with Gasteiger partial charge in [0.2, 0.25) is 4.77 Å². The molecule has 0 aliphatic rings. The van der Waals surface area contributed by atoms with Crippen molar-refractivity contribution in [2.45, 2.75) is 26.5 Å². The van der Waals surface area contributed by atoms with Gasteiger partial charge >= 0.3 is 0 Å². The summed E-state index contributed by atoms with van der Waals surface area (Å²) in [6.07, 6.45) is 0.730. The molecule has 0 amide bonds. The summed E-state index contributed by atoms with van der Waals surface area (Å²) in [6, 6.07) is 9.08. The Hall–Kier alpha value is -1.74. The van der Waals surface area contributed by atoms with Gasteiger partial charge in [0.15, 0.2) is 17.3 Å². The van der Waals surface area contributed by atoms with E-state index in [1.807, 2.05) is 19.1 Å². The van der Waals surface area contributed by atoms with E-state index >= 15 is 0 Å². The number of H-pyrrole nitrogens is 1. The topological polar surface area (TPSA) is 64.1 Å². The molecule has 0 radical (unpaired) electrons. The van der Waals surface area contributed by atoms with Crippen molar-refractivity contribution in [1.82, 2.24) is 14.9 Å². The second-order valence-corrected chi connectivity index (χ2v) is 8.07. The third-order valence-electron chi connectivity index (χ3n) is 4.28. The van der Waals surface area contributed by atoms with Gasteiger partial charge in [0.1, 0.15) is 6.61 Å². The molecule has 0 unspecified atom stereocenters. The van der Waals surface area contributed by atoms with Crippen molar-refractivity contribution < 1.29 is 9.47 Å². The number of hydrogen-bond donors (Lipinski definition) is 2. The Morgan fingerprint density at radius 3 is 2.59 bits per heavy atom. The lowest BCUT2D eigenvalue weighted by Gasteiger charge is -2.18. The zero-order chi connectivity index (χ0) is 21.0. The molecule has 0 aliphatic carbocycles. The molecule has 2 aromatic carbocycles. The van der Waals surface area contributed by atoms with Crippen LogP contribution in [0.25, 0.3) is 0 Å². The summed E-state index contributed by atoms with van der Waals surface area (Å²) < 4.78 is 14.7. The summed E-state index contributed by atoms with van der Waals surface area (Å²) in [5.74, 6) is 1.98. The molecule has 3 rings (SSSR count). The van der Waals surface area contributed by atoms with Crippen LogP contribution in [0.4, 0.5) is 0 Å². The predicted molar refractivity (Wildman–Crippen MR) is 121 cm³/mol. The number of nitrogens with zero attached hydrogens (tertiary/aromatic N) is 2. The van der Waals surface area contributed by atoms with E-state index in [0.717, 1.165) is 22.3 Å². The zero-order valence-corrected chi connectivity index (χ0v) is 19.7. The fourth-order valence-electron chi connectivity index (χ4n) is 2.77. The number of ether oxygens (including phenoxy) is 2. The lowest BCUT2D eigenvalue weighted by atomic mass is 10.1. The van der Waals surface area contributed by atoms with Gasteiger partial charge in [-0.15, -0.1) is 0 Å². The Bertz CT molecular complexity index is 1050. The minimum absolute atomic E-state index is 0.198. The first-order chi connectivity index (χ1) is 14.0. The number of methoxy groups -OCH3 is 1. The normalized spacial score (nSPS) is 10.8. The van der Waals surface area contributed by atoms with Crippen LogP contribution < -0.4 is 14.9 Å². The third-order valence-corrected chi connectivity index (χ3v) is 6.01. The molecule has 0 saturated heterocycles. The summed E-state index contributed by atoms with van der Waals surface area (Å²) >= 11 is 21.5. The maximum absolute atomic E-state index is 6.28. The average molecular weight is 518 g/mol. The minimum Gasteiger partial charge on any atom is -0.493 e. The lowest BCUT2D eigenvalue weighted by Crippen LogP contribution is -2.18. The second kappa shape index (κ2) is 9.84. The molecule has 154 valence electrons. The molecule has 0 bridgehead atoms. The van der Waals surface area contributed by atoms with Crippen molar-refractivity contribution in [2.24, 2.45) is 0 Å². The smallest absolute Gasteiger partial charge is 0.214 e. The fraction of sp³-hybridized carbons (Fsp3) is 0.263. The van der Waals surface area contributed by atoms with Gasteiger partial charge in [-0.3, -0.25) is 5.10 Å². The molecule has 6 nitrogen and oxygen atoms in total. The van der Waals surface area contributed by atoms with E-state index in [4.69, 9.17) is 44.9 Å². The number of nitrogens with one attached hydrogen (secondary N) is 2. The molecule has 29 heavy (non-hydrogen) atoms. The van der Waals surface area contributed by atoms with Crippen molar-refractivity contribution in [3.8, 4) is 11.5 Å². The lowest BCUT2D eigenvalue weighted by molar-refractivity contribution is 0.281. The molecule has 0 fully saturated rings. The van der Waals surface area contributed by atoms with Crippen LogP contribution >= 0.6 is 51.3 Å². The maximum atomic E-state index is 6.28. The quantitative estimate of drug-likeness (QED) is 0.364. The summed E-state index contributed by atoms with van der Waals surface area (Å²) in [5.41, 5.74) is 4.85. The van der Waals surface area contributed by atoms with Crippen molar-refractivity contribution in [1.29, 1.82) is 0 Å². The number of aryl methyl sites for hydroxylation is 1. The van der Waals surface area contributed by atoms with Gasteiger partial charge in [-0.05, 0) is 36.5 Å². The Kier molecular flexibility index (Phi) is 7.45. The van der Waals surface area contributed by atoms with Gasteiger partial charge in [-0.2, -0.15) is 5.10 Å². The fourth-order valence-corrected chi connectivity index (χ4v) is 3.94. The SMILES string of the molecule is CCc1n[nH]c(=S)n1NCc1c(Br)ccc(OC)c1OCc1c(Cl)cccc1Cl. The first kappa shape index (κ1) is 22.0. The van der Waals surface area contributed by atoms with E-state index < -0.39 is 0 Å². The number of benzene rings is 2. The highest BCUT2D eigenvalue weighted by atomic mass is 79.9. The van der Waals surface area contributed by atoms with E-state index in [0.29, 0.717) is 38.4 Å². The molecule has 1 heterocycles. The summed E-state index contributed by atoms with van der Waals surface area (Å²) in [6.45, 7) is 2.63.